The van der Waals surface area contributed by atoms with Gasteiger partial charge in [-0.05, 0) is 18.2 Å². The number of rotatable bonds is 2. The van der Waals surface area contributed by atoms with Gasteiger partial charge in [0.15, 0.2) is 6.29 Å². The van der Waals surface area contributed by atoms with E-state index >= 15 is 0 Å². The molecule has 1 aromatic carbocycles. The molecular weight excluding hydrogens is 228 g/mol. The molecule has 0 bridgehead atoms. The number of methoxy groups -OCH3 is 1. The summed E-state index contributed by atoms with van der Waals surface area (Å²) in [5.41, 5.74) is 0.952. The highest BCUT2D eigenvalue weighted by atomic mass is 35.5. The number of halogens is 1. The van der Waals surface area contributed by atoms with E-state index in [1.165, 1.54) is 13.2 Å². The maximum Gasteiger partial charge on any atom is 0.317 e. The van der Waals surface area contributed by atoms with E-state index in [0.717, 1.165) is 0 Å². The normalized spacial score (nSPS) is 8.88. The summed E-state index contributed by atoms with van der Waals surface area (Å²) in [5.74, 6) is 4.93. The Morgan fingerprint density at radius 3 is 2.94 bits per heavy atom. The molecule has 0 heterocycles. The Hall–Kier alpha value is -1.79. The van der Waals surface area contributed by atoms with Gasteiger partial charge in [0.2, 0.25) is 0 Å². The minimum atomic E-state index is -0.408. The van der Waals surface area contributed by atoms with Crippen LogP contribution in [0.1, 0.15) is 22.3 Å². The zero-order valence-corrected chi connectivity index (χ0v) is 9.38. The van der Waals surface area contributed by atoms with Gasteiger partial charge >= 0.3 is 5.97 Å². The lowest BCUT2D eigenvalue weighted by Gasteiger charge is -1.96. The van der Waals surface area contributed by atoms with Gasteiger partial charge in [0.1, 0.15) is 6.42 Å². The number of carbonyl (C=O) groups is 2. The van der Waals surface area contributed by atoms with Gasteiger partial charge in [-0.3, -0.25) is 9.59 Å². The molecule has 82 valence electrons. The van der Waals surface area contributed by atoms with E-state index in [1.54, 1.807) is 12.1 Å². The molecule has 0 saturated carbocycles. The molecule has 0 spiro atoms. The van der Waals surface area contributed by atoms with Crippen LogP contribution in [-0.2, 0) is 9.53 Å². The lowest BCUT2D eigenvalue weighted by atomic mass is 10.1. The number of carbonyl (C=O) groups excluding carboxylic acids is 2. The van der Waals surface area contributed by atoms with E-state index in [1.807, 2.05) is 0 Å². The first kappa shape index (κ1) is 12.3. The van der Waals surface area contributed by atoms with Crippen LogP contribution in [0.25, 0.3) is 0 Å². The molecule has 0 fully saturated rings. The van der Waals surface area contributed by atoms with Crippen molar-refractivity contribution in [1.82, 2.24) is 0 Å². The molecule has 0 atom stereocenters. The van der Waals surface area contributed by atoms with Crippen molar-refractivity contribution in [3.8, 4) is 11.8 Å². The van der Waals surface area contributed by atoms with Crippen LogP contribution in [0.15, 0.2) is 18.2 Å². The summed E-state index contributed by atoms with van der Waals surface area (Å²) in [6.07, 6.45) is 0.672. The number of hydrogen-bond acceptors (Lipinski definition) is 3. The van der Waals surface area contributed by atoms with Crippen LogP contribution >= 0.6 is 11.6 Å². The average Bonchev–Trinajstić information content (AvgIpc) is 2.30. The molecule has 1 rings (SSSR count). The maximum atomic E-state index is 10.8. The summed E-state index contributed by atoms with van der Waals surface area (Å²) in [6, 6.07) is 4.80. The van der Waals surface area contributed by atoms with Crippen LogP contribution in [0.3, 0.4) is 0 Å². The molecule has 0 aliphatic rings. The van der Waals surface area contributed by atoms with Gasteiger partial charge in [-0.2, -0.15) is 0 Å². The number of esters is 1. The molecule has 0 aromatic heterocycles. The predicted octanol–water partition coefficient (Wildman–Crippen LogP) is 2.07. The van der Waals surface area contributed by atoms with Crippen molar-refractivity contribution in [2.24, 2.45) is 0 Å². The monoisotopic (exact) mass is 236 g/mol. The summed E-state index contributed by atoms with van der Waals surface area (Å²) in [5, 5.41) is 0.473. The van der Waals surface area contributed by atoms with Crippen molar-refractivity contribution >= 4 is 23.9 Å². The SMILES string of the molecule is COC(=O)CC#Cc1ccc(Cl)cc1C=O. The lowest BCUT2D eigenvalue weighted by Crippen LogP contribution is -1.97. The van der Waals surface area contributed by atoms with Crippen molar-refractivity contribution in [1.29, 1.82) is 0 Å². The third-order valence-corrected chi connectivity index (χ3v) is 2.06. The number of benzene rings is 1. The fourth-order valence-corrected chi connectivity index (χ4v) is 1.21. The molecule has 0 amide bonds. The number of hydrogen-bond donors (Lipinski definition) is 0. The van der Waals surface area contributed by atoms with Gasteiger partial charge in [0, 0.05) is 16.1 Å². The van der Waals surface area contributed by atoms with Crippen LogP contribution in [0, 0.1) is 11.8 Å². The van der Waals surface area contributed by atoms with Crippen LogP contribution in [0.5, 0.6) is 0 Å². The molecule has 0 aliphatic carbocycles. The minimum absolute atomic E-state index is 0.00256. The van der Waals surface area contributed by atoms with Crippen molar-refractivity contribution in [2.75, 3.05) is 7.11 Å². The molecule has 3 nitrogen and oxygen atoms in total. The van der Waals surface area contributed by atoms with Gasteiger partial charge in [-0.25, -0.2) is 0 Å². The third-order valence-electron chi connectivity index (χ3n) is 1.82. The van der Waals surface area contributed by atoms with Gasteiger partial charge in [0.05, 0.1) is 7.11 Å². The van der Waals surface area contributed by atoms with Crippen LogP contribution < -0.4 is 0 Å². The molecule has 0 unspecified atom stereocenters. The van der Waals surface area contributed by atoms with E-state index in [4.69, 9.17) is 11.6 Å². The van der Waals surface area contributed by atoms with Crippen molar-refractivity contribution in [2.45, 2.75) is 6.42 Å². The first-order valence-corrected chi connectivity index (χ1v) is 4.85. The predicted molar refractivity (Wildman–Crippen MR) is 60.4 cm³/mol. The maximum absolute atomic E-state index is 10.8. The van der Waals surface area contributed by atoms with E-state index in [0.29, 0.717) is 22.4 Å². The highest BCUT2D eigenvalue weighted by Gasteiger charge is 2.00. The Balaban J connectivity index is 2.88. The van der Waals surface area contributed by atoms with E-state index < -0.39 is 5.97 Å². The zero-order chi connectivity index (χ0) is 12.0. The van der Waals surface area contributed by atoms with Crippen molar-refractivity contribution in [3.63, 3.8) is 0 Å². The second-order valence-electron chi connectivity index (χ2n) is 2.90. The van der Waals surface area contributed by atoms with E-state index in [2.05, 4.69) is 16.6 Å². The smallest absolute Gasteiger partial charge is 0.317 e. The second kappa shape index (κ2) is 5.94. The second-order valence-corrected chi connectivity index (χ2v) is 3.34. The minimum Gasteiger partial charge on any atom is -0.468 e. The quantitative estimate of drug-likeness (QED) is 0.449. The van der Waals surface area contributed by atoms with E-state index in [-0.39, 0.29) is 6.42 Å². The Kier molecular flexibility index (Phi) is 4.56. The van der Waals surface area contributed by atoms with Gasteiger partial charge in [0.25, 0.3) is 0 Å². The number of aldehydes is 1. The van der Waals surface area contributed by atoms with E-state index in [9.17, 15) is 9.59 Å². The fourth-order valence-electron chi connectivity index (χ4n) is 1.03. The molecular formula is C12H9ClO3. The van der Waals surface area contributed by atoms with Crippen LogP contribution in [-0.4, -0.2) is 19.4 Å². The first-order chi connectivity index (χ1) is 7.67. The zero-order valence-electron chi connectivity index (χ0n) is 8.62. The molecule has 0 N–H and O–H groups in total. The molecule has 16 heavy (non-hydrogen) atoms. The molecule has 1 aromatic rings. The molecule has 0 aliphatic heterocycles. The molecule has 0 radical (unpaired) electrons. The Bertz CT molecular complexity index is 469. The van der Waals surface area contributed by atoms with Gasteiger partial charge < -0.3 is 4.74 Å². The van der Waals surface area contributed by atoms with Gasteiger partial charge in [-0.15, -0.1) is 0 Å². The van der Waals surface area contributed by atoms with Crippen molar-refractivity contribution in [3.05, 3.63) is 34.3 Å². The first-order valence-electron chi connectivity index (χ1n) is 4.47. The summed E-state index contributed by atoms with van der Waals surface area (Å²) >= 11 is 5.72. The Morgan fingerprint density at radius 1 is 1.56 bits per heavy atom. The summed E-state index contributed by atoms with van der Waals surface area (Å²) in [6.45, 7) is 0. The summed E-state index contributed by atoms with van der Waals surface area (Å²) in [4.78, 5) is 21.5. The van der Waals surface area contributed by atoms with Crippen LogP contribution in [0.2, 0.25) is 5.02 Å². The lowest BCUT2D eigenvalue weighted by molar-refractivity contribution is -0.139. The molecule has 0 saturated heterocycles. The fraction of sp³-hybridized carbons (Fsp3) is 0.167. The highest BCUT2D eigenvalue weighted by Crippen LogP contribution is 2.13. The largest absolute Gasteiger partial charge is 0.468 e. The topological polar surface area (TPSA) is 43.4 Å². The van der Waals surface area contributed by atoms with Gasteiger partial charge in [-0.1, -0.05) is 23.4 Å². The summed E-state index contributed by atoms with van der Waals surface area (Å²) in [7, 11) is 1.29. The molecule has 4 heteroatoms. The number of ether oxygens (including phenoxy) is 1. The van der Waals surface area contributed by atoms with Crippen LogP contribution in [0.4, 0.5) is 0 Å². The van der Waals surface area contributed by atoms with Crippen molar-refractivity contribution < 1.29 is 14.3 Å². The third kappa shape index (κ3) is 3.41. The standard InChI is InChI=1S/C12H9ClO3/c1-16-12(15)4-2-3-9-5-6-11(13)7-10(9)8-14/h5-8H,4H2,1H3. The summed E-state index contributed by atoms with van der Waals surface area (Å²) < 4.78 is 4.43. The average molecular weight is 237 g/mol. The highest BCUT2D eigenvalue weighted by molar-refractivity contribution is 6.30. The Labute approximate surface area is 98.4 Å². The Morgan fingerprint density at radius 2 is 2.31 bits per heavy atom.